The Hall–Kier alpha value is -10.4. The predicted octanol–water partition coefficient (Wildman–Crippen LogP) is 9.69. The summed E-state index contributed by atoms with van der Waals surface area (Å²) in [5.41, 5.74) is 10.7. The van der Waals surface area contributed by atoms with Crippen LogP contribution in [0, 0.1) is 6.92 Å². The van der Waals surface area contributed by atoms with Crippen LogP contribution in [0.15, 0.2) is 194 Å². The molecular weight excluding hydrogens is 1160 g/mol. The number of nitrogens with one attached hydrogen (secondary N) is 3. The minimum Gasteiger partial charge on any atom is -0.377 e. The molecule has 23 nitrogen and oxygen atoms in total. The third kappa shape index (κ3) is 13.2. The zero-order chi connectivity index (χ0) is 58.8. The zero-order valence-corrected chi connectivity index (χ0v) is 47.5. The Labute approximate surface area is 500 Å². The van der Waals surface area contributed by atoms with Gasteiger partial charge in [0.15, 0.2) is 0 Å². The lowest BCUT2D eigenvalue weighted by Crippen LogP contribution is -2.30. The molecule has 24 heteroatoms. The maximum absolute atomic E-state index is 13.0. The molecule has 0 aliphatic carbocycles. The molecule has 0 atom stereocenters. The lowest BCUT2D eigenvalue weighted by molar-refractivity contribution is -0.0285. The molecule has 428 valence electrons. The number of aromatic nitrogens is 14. The normalized spacial score (nSPS) is 13.7. The maximum atomic E-state index is 13.0. The molecule has 86 heavy (non-hydrogen) atoms. The molecule has 14 heterocycles. The van der Waals surface area contributed by atoms with Crippen molar-refractivity contribution in [1.82, 2.24) is 69.2 Å². The Morgan fingerprint density at radius 3 is 1.22 bits per heavy atom. The van der Waals surface area contributed by atoms with Crippen molar-refractivity contribution in [3.8, 4) is 56.7 Å². The van der Waals surface area contributed by atoms with Crippen molar-refractivity contribution >= 4 is 50.7 Å². The number of rotatable bonds is 14. The van der Waals surface area contributed by atoms with Gasteiger partial charge in [-0.3, -0.25) is 53.3 Å². The number of carbonyl (C=O) groups is 3. The lowest BCUT2D eigenvalue weighted by atomic mass is 10.1. The van der Waals surface area contributed by atoms with E-state index in [4.69, 9.17) is 14.2 Å². The van der Waals surface area contributed by atoms with Crippen LogP contribution in [0.3, 0.4) is 0 Å². The van der Waals surface area contributed by atoms with Gasteiger partial charge >= 0.3 is 0 Å². The van der Waals surface area contributed by atoms with E-state index in [9.17, 15) is 14.4 Å². The van der Waals surface area contributed by atoms with E-state index < -0.39 is 0 Å². The van der Waals surface area contributed by atoms with E-state index in [2.05, 4.69) is 87.0 Å². The smallest absolute Gasteiger partial charge is 0.274 e. The summed E-state index contributed by atoms with van der Waals surface area (Å²) in [4.78, 5) is 73.2. The highest BCUT2D eigenvalue weighted by Crippen LogP contribution is 2.32. The van der Waals surface area contributed by atoms with Gasteiger partial charge in [0.2, 0.25) is 0 Å². The number of hydrogen-bond donors (Lipinski definition) is 3. The summed E-state index contributed by atoms with van der Waals surface area (Å²) < 4.78 is 21.8. The summed E-state index contributed by atoms with van der Waals surface area (Å²) in [7, 11) is 0. The molecule has 3 fully saturated rings. The van der Waals surface area contributed by atoms with Crippen LogP contribution < -0.4 is 16.0 Å². The van der Waals surface area contributed by atoms with Crippen LogP contribution in [-0.4, -0.2) is 127 Å². The summed E-state index contributed by atoms with van der Waals surface area (Å²) in [5, 5.41) is 22.7. The van der Waals surface area contributed by atoms with E-state index in [-0.39, 0.29) is 35.8 Å². The van der Waals surface area contributed by atoms with E-state index in [1.807, 2.05) is 131 Å². The quantitative estimate of drug-likeness (QED) is 0.0855. The number of halogens is 1. The summed E-state index contributed by atoms with van der Waals surface area (Å²) >= 11 is 3.28. The van der Waals surface area contributed by atoms with Crippen molar-refractivity contribution in [2.45, 2.75) is 25.0 Å². The number of carbonyl (C=O) groups excluding carboxylic acids is 3. The topological polar surface area (TPSA) is 272 Å². The molecule has 3 aliphatic rings. The number of ether oxygens (including phenoxy) is 3. The van der Waals surface area contributed by atoms with Crippen molar-refractivity contribution in [3.05, 3.63) is 217 Å². The van der Waals surface area contributed by atoms with Crippen LogP contribution in [-0.2, 0) is 14.2 Å². The Balaban J connectivity index is 0.000000127. The molecule has 3 amide bonds. The third-order valence-corrected chi connectivity index (χ3v) is 14.1. The van der Waals surface area contributed by atoms with E-state index in [1.165, 1.54) is 0 Å². The van der Waals surface area contributed by atoms with Gasteiger partial charge < -0.3 is 30.2 Å². The van der Waals surface area contributed by atoms with Gasteiger partial charge in [-0.15, -0.1) is 0 Å². The molecule has 3 saturated heterocycles. The van der Waals surface area contributed by atoms with Gasteiger partial charge in [0.1, 0.15) is 38.8 Å². The molecule has 0 saturated carbocycles. The highest BCUT2D eigenvalue weighted by molar-refractivity contribution is 9.10. The molecule has 11 aromatic rings. The van der Waals surface area contributed by atoms with Crippen LogP contribution in [0.1, 0.15) is 55.2 Å². The Morgan fingerprint density at radius 1 is 0.442 bits per heavy atom. The zero-order valence-electron chi connectivity index (χ0n) is 46.0. The number of anilines is 3. The maximum Gasteiger partial charge on any atom is 0.274 e. The molecular formula is C62H52BrN17O6. The molecule has 0 aromatic carbocycles. The minimum atomic E-state index is -0.317. The second-order valence-electron chi connectivity index (χ2n) is 19.8. The van der Waals surface area contributed by atoms with Crippen molar-refractivity contribution < 1.29 is 28.6 Å². The molecule has 0 unspecified atom stereocenters. The number of nitrogens with zero attached hydrogens (tertiary/aromatic N) is 14. The van der Waals surface area contributed by atoms with E-state index >= 15 is 0 Å². The Kier molecular flexibility index (Phi) is 17.0. The summed E-state index contributed by atoms with van der Waals surface area (Å²) in [6.07, 6.45) is 17.5. The van der Waals surface area contributed by atoms with E-state index in [1.54, 1.807) is 79.8 Å². The predicted molar refractivity (Wildman–Crippen MR) is 321 cm³/mol. The first-order valence-corrected chi connectivity index (χ1v) is 28.0. The van der Waals surface area contributed by atoms with Crippen molar-refractivity contribution in [1.29, 1.82) is 0 Å². The molecule has 14 rings (SSSR count). The number of pyridine rings is 8. The summed E-state index contributed by atoms with van der Waals surface area (Å²) in [5.74, 6) is -0.936. The molecule has 0 bridgehead atoms. The fourth-order valence-corrected chi connectivity index (χ4v) is 9.31. The monoisotopic (exact) mass is 1210 g/mol. The number of amides is 3. The van der Waals surface area contributed by atoms with Gasteiger partial charge in [-0.05, 0) is 119 Å². The first kappa shape index (κ1) is 56.1. The SMILES string of the molecule is Cc1cncc(-c2cccc(C(=O)Nc3cn(C4COC4)nc3-c3ccccn3)n2)c1.O=C(Nc1cn(C2COC2)nc1-c1ccccn1)c1cccc(-c2cccnc2)n1.O=C(Nc1cn(C2COC2)nc1-c1ccccn1)c1cccc(Br)n1. The van der Waals surface area contributed by atoms with Crippen molar-refractivity contribution in [3.63, 3.8) is 0 Å². The molecule has 3 aliphatic heterocycles. The standard InChI is InChI=1S/C23H20N6O2.C22H18N6O2.C17H14BrN5O2/c1-15-9-16(11-24-10-15)18-6-4-7-20(26-18)23(30)27-21-12-29(17-13-31-14-17)28-22(21)19-5-2-3-8-25-19;29-22(19-8-3-7-17(25-19)15-5-4-9-23-11-15)26-20-12-28(16-13-30-14-16)27-21(20)18-6-1-2-10-24-18;18-15-6-3-5-13(20-15)17(24)21-14-8-23(11-9-25-10-11)22-16(14)12-4-1-2-7-19-12/h2-12,17H,13-14H2,1H3,(H,27,30);1-12,16H,13-14H2,(H,26,29);1-8,11H,9-10H2,(H,21,24). The highest BCUT2D eigenvalue weighted by atomic mass is 79.9. The van der Waals surface area contributed by atoms with Crippen LogP contribution >= 0.6 is 15.9 Å². The van der Waals surface area contributed by atoms with Crippen LogP contribution in [0.2, 0.25) is 0 Å². The van der Waals surface area contributed by atoms with Crippen molar-refractivity contribution in [2.75, 3.05) is 55.6 Å². The summed E-state index contributed by atoms with van der Waals surface area (Å²) in [6.45, 7) is 5.61. The van der Waals surface area contributed by atoms with Gasteiger partial charge in [-0.2, -0.15) is 15.3 Å². The van der Waals surface area contributed by atoms with Crippen molar-refractivity contribution in [2.24, 2.45) is 0 Å². The fraction of sp³-hybridized carbons (Fsp3) is 0.161. The second kappa shape index (κ2) is 26.0. The van der Waals surface area contributed by atoms with Gasteiger partial charge in [0.25, 0.3) is 17.7 Å². The van der Waals surface area contributed by atoms with E-state index in [0.717, 1.165) is 16.7 Å². The fourth-order valence-electron chi connectivity index (χ4n) is 8.96. The largest absolute Gasteiger partial charge is 0.377 e. The molecule has 0 radical (unpaired) electrons. The number of hydrogen-bond acceptors (Lipinski definition) is 17. The lowest BCUT2D eigenvalue weighted by Gasteiger charge is -2.25. The minimum absolute atomic E-state index is 0.156. The highest BCUT2D eigenvalue weighted by Gasteiger charge is 2.28. The third-order valence-electron chi connectivity index (χ3n) is 13.7. The average molecular weight is 1210 g/mol. The van der Waals surface area contributed by atoms with Gasteiger partial charge in [-0.25, -0.2) is 15.0 Å². The average Bonchev–Trinajstić information content (AvgIpc) is 3.53. The van der Waals surface area contributed by atoms with Gasteiger partial charge in [0.05, 0.1) is 103 Å². The van der Waals surface area contributed by atoms with Crippen LogP contribution in [0.25, 0.3) is 56.7 Å². The molecule has 11 aromatic heterocycles. The Bertz CT molecular complexity index is 4160. The van der Waals surface area contributed by atoms with Gasteiger partial charge in [-0.1, -0.05) is 36.4 Å². The van der Waals surface area contributed by atoms with E-state index in [0.29, 0.717) is 124 Å². The van der Waals surface area contributed by atoms with Gasteiger partial charge in [0, 0.05) is 73.1 Å². The first-order valence-electron chi connectivity index (χ1n) is 27.2. The molecule has 0 spiro atoms. The summed E-state index contributed by atoms with van der Waals surface area (Å²) in [6, 6.07) is 38.9. The molecule has 3 N–H and O–H groups in total. The Morgan fingerprint density at radius 2 is 0.849 bits per heavy atom. The van der Waals surface area contributed by atoms with Crippen LogP contribution in [0.5, 0.6) is 0 Å². The first-order chi connectivity index (χ1) is 42.1. The second-order valence-corrected chi connectivity index (χ2v) is 20.7. The van der Waals surface area contributed by atoms with Crippen LogP contribution in [0.4, 0.5) is 17.1 Å². The number of aryl methyl sites for hydroxylation is 1.